The van der Waals surface area contributed by atoms with Crippen LogP contribution in [0.3, 0.4) is 0 Å². The Morgan fingerprint density at radius 3 is 2.33 bits per heavy atom. The van der Waals surface area contributed by atoms with Crippen LogP contribution in [0.1, 0.15) is 37.5 Å². The average molecular weight is 348 g/mol. The van der Waals surface area contributed by atoms with Gasteiger partial charge in [0.2, 0.25) is 0 Å². The number of hydrogen-bond donors (Lipinski definition) is 1. The van der Waals surface area contributed by atoms with Crippen molar-refractivity contribution in [1.82, 2.24) is 5.32 Å². The lowest BCUT2D eigenvalue weighted by Crippen LogP contribution is -2.13. The first-order chi connectivity index (χ1) is 11.5. The first-order valence-corrected chi connectivity index (χ1v) is 8.75. The lowest BCUT2D eigenvalue weighted by molar-refractivity contribution is 0.224. The van der Waals surface area contributed by atoms with Crippen molar-refractivity contribution in [3.05, 3.63) is 58.1 Å². The summed E-state index contributed by atoms with van der Waals surface area (Å²) in [6.45, 7) is 10.1. The van der Waals surface area contributed by atoms with Crippen LogP contribution in [0.2, 0.25) is 5.02 Å². The van der Waals surface area contributed by atoms with Crippen molar-refractivity contribution >= 4 is 11.6 Å². The number of benzene rings is 2. The van der Waals surface area contributed by atoms with E-state index in [1.54, 1.807) is 0 Å². The highest BCUT2D eigenvalue weighted by Crippen LogP contribution is 2.37. The molecule has 3 nitrogen and oxygen atoms in total. The minimum Gasteiger partial charge on any atom is -0.490 e. The van der Waals surface area contributed by atoms with Gasteiger partial charge in [-0.3, -0.25) is 0 Å². The molecule has 0 unspecified atom stereocenters. The van der Waals surface area contributed by atoms with Gasteiger partial charge in [-0.1, -0.05) is 41.4 Å². The molecule has 0 radical (unpaired) electrons. The first-order valence-electron chi connectivity index (χ1n) is 8.37. The molecule has 2 rings (SSSR count). The molecular weight excluding hydrogens is 322 g/mol. The van der Waals surface area contributed by atoms with Crippen molar-refractivity contribution in [3.8, 4) is 11.5 Å². The summed E-state index contributed by atoms with van der Waals surface area (Å²) < 4.78 is 11.5. The van der Waals surface area contributed by atoms with Crippen LogP contribution in [-0.4, -0.2) is 12.7 Å². The number of rotatable bonds is 8. The van der Waals surface area contributed by atoms with E-state index in [4.69, 9.17) is 21.1 Å². The van der Waals surface area contributed by atoms with Crippen molar-refractivity contribution in [3.63, 3.8) is 0 Å². The predicted octanol–water partition coefficient (Wildman–Crippen LogP) is 5.12. The zero-order valence-corrected chi connectivity index (χ0v) is 15.6. The minimum absolute atomic E-state index is 0.0484. The van der Waals surface area contributed by atoms with E-state index < -0.39 is 0 Å². The van der Waals surface area contributed by atoms with Gasteiger partial charge in [0.05, 0.1) is 17.7 Å². The molecule has 24 heavy (non-hydrogen) atoms. The van der Waals surface area contributed by atoms with Crippen molar-refractivity contribution in [2.45, 2.75) is 46.9 Å². The van der Waals surface area contributed by atoms with Gasteiger partial charge in [-0.15, -0.1) is 0 Å². The van der Waals surface area contributed by atoms with E-state index in [2.05, 4.69) is 36.5 Å². The molecule has 0 atom stereocenters. The highest BCUT2D eigenvalue weighted by molar-refractivity contribution is 6.32. The van der Waals surface area contributed by atoms with Crippen molar-refractivity contribution in [2.75, 3.05) is 6.61 Å². The largest absolute Gasteiger partial charge is 0.490 e. The topological polar surface area (TPSA) is 30.5 Å². The van der Waals surface area contributed by atoms with E-state index in [9.17, 15) is 0 Å². The highest BCUT2D eigenvalue weighted by Gasteiger charge is 2.14. The fourth-order valence-electron chi connectivity index (χ4n) is 2.39. The lowest BCUT2D eigenvalue weighted by Gasteiger charge is -2.17. The molecule has 0 spiro atoms. The Balaban J connectivity index is 2.05. The summed E-state index contributed by atoms with van der Waals surface area (Å²) in [7, 11) is 0. The summed E-state index contributed by atoms with van der Waals surface area (Å²) >= 11 is 6.39. The van der Waals surface area contributed by atoms with Gasteiger partial charge in [0.15, 0.2) is 11.5 Å². The summed E-state index contributed by atoms with van der Waals surface area (Å²) in [6.07, 6.45) is 0.0484. The molecular formula is C20H26ClNO2. The van der Waals surface area contributed by atoms with Crippen LogP contribution < -0.4 is 14.8 Å². The zero-order chi connectivity index (χ0) is 17.5. The lowest BCUT2D eigenvalue weighted by atomic mass is 10.1. The quantitative estimate of drug-likeness (QED) is 0.718. The van der Waals surface area contributed by atoms with Gasteiger partial charge in [0.1, 0.15) is 0 Å². The second-order valence-corrected chi connectivity index (χ2v) is 6.50. The van der Waals surface area contributed by atoms with E-state index in [1.807, 2.05) is 32.9 Å². The van der Waals surface area contributed by atoms with E-state index >= 15 is 0 Å². The second-order valence-electron chi connectivity index (χ2n) is 6.09. The predicted molar refractivity (Wildman–Crippen MR) is 100 cm³/mol. The molecule has 0 amide bonds. The zero-order valence-electron chi connectivity index (χ0n) is 14.9. The Bertz CT molecular complexity index is 653. The third-order valence-corrected chi connectivity index (χ3v) is 3.78. The summed E-state index contributed by atoms with van der Waals surface area (Å²) in [5.41, 5.74) is 3.61. The average Bonchev–Trinajstić information content (AvgIpc) is 2.53. The van der Waals surface area contributed by atoms with Crippen LogP contribution in [0.4, 0.5) is 0 Å². The SMILES string of the molecule is CCOc1cc(CNCc2ccc(C)cc2)cc(Cl)c1OC(C)C. The molecule has 0 saturated heterocycles. The molecule has 130 valence electrons. The van der Waals surface area contributed by atoms with Crippen LogP contribution >= 0.6 is 11.6 Å². The maximum absolute atomic E-state index is 6.39. The standard InChI is InChI=1S/C20H26ClNO2/c1-5-23-19-11-17(10-18(21)20(19)24-14(2)3)13-22-12-16-8-6-15(4)7-9-16/h6-11,14,22H,5,12-13H2,1-4H3. The molecule has 0 fully saturated rings. The minimum atomic E-state index is 0.0484. The molecule has 0 saturated carbocycles. The molecule has 0 aliphatic carbocycles. The molecule has 0 bridgehead atoms. The number of nitrogens with one attached hydrogen (secondary N) is 1. The monoisotopic (exact) mass is 347 g/mol. The second kappa shape index (κ2) is 8.95. The maximum Gasteiger partial charge on any atom is 0.180 e. The van der Waals surface area contributed by atoms with Crippen LogP contribution in [0.5, 0.6) is 11.5 Å². The molecule has 0 aromatic heterocycles. The molecule has 4 heteroatoms. The van der Waals surface area contributed by atoms with Crippen LogP contribution in [0, 0.1) is 6.92 Å². The van der Waals surface area contributed by atoms with Gasteiger partial charge >= 0.3 is 0 Å². The number of hydrogen-bond acceptors (Lipinski definition) is 3. The Kier molecular flexibility index (Phi) is 6.95. The molecule has 0 heterocycles. The molecule has 1 N–H and O–H groups in total. The fraction of sp³-hybridized carbons (Fsp3) is 0.400. The summed E-state index contributed by atoms with van der Waals surface area (Å²) in [6, 6.07) is 12.5. The first kappa shape index (κ1) is 18.6. The van der Waals surface area contributed by atoms with Gasteiger partial charge in [0, 0.05) is 13.1 Å². The van der Waals surface area contributed by atoms with Gasteiger partial charge in [0.25, 0.3) is 0 Å². The van der Waals surface area contributed by atoms with Crippen LogP contribution in [-0.2, 0) is 13.1 Å². The van der Waals surface area contributed by atoms with E-state index in [0.717, 1.165) is 18.7 Å². The number of ether oxygens (including phenoxy) is 2. The third-order valence-electron chi connectivity index (χ3n) is 3.50. The van der Waals surface area contributed by atoms with Crippen molar-refractivity contribution < 1.29 is 9.47 Å². The molecule has 0 aliphatic rings. The summed E-state index contributed by atoms with van der Waals surface area (Å²) in [5, 5.41) is 4.02. The Labute approximate surface area is 149 Å². The van der Waals surface area contributed by atoms with Crippen molar-refractivity contribution in [2.24, 2.45) is 0 Å². The summed E-state index contributed by atoms with van der Waals surface area (Å²) in [5.74, 6) is 1.32. The van der Waals surface area contributed by atoms with E-state index in [0.29, 0.717) is 23.1 Å². The van der Waals surface area contributed by atoms with E-state index in [1.165, 1.54) is 11.1 Å². The van der Waals surface area contributed by atoms with Gasteiger partial charge in [-0.2, -0.15) is 0 Å². The Hall–Kier alpha value is -1.71. The van der Waals surface area contributed by atoms with Gasteiger partial charge < -0.3 is 14.8 Å². The summed E-state index contributed by atoms with van der Waals surface area (Å²) in [4.78, 5) is 0. The number of halogens is 1. The normalized spacial score (nSPS) is 10.9. The maximum atomic E-state index is 6.39. The van der Waals surface area contributed by atoms with Gasteiger partial charge in [-0.05, 0) is 51.0 Å². The molecule has 2 aromatic rings. The third kappa shape index (κ3) is 5.43. The Morgan fingerprint density at radius 1 is 1.04 bits per heavy atom. The van der Waals surface area contributed by atoms with Gasteiger partial charge in [-0.25, -0.2) is 0 Å². The highest BCUT2D eigenvalue weighted by atomic mass is 35.5. The van der Waals surface area contributed by atoms with Crippen LogP contribution in [0.15, 0.2) is 36.4 Å². The van der Waals surface area contributed by atoms with Crippen LogP contribution in [0.25, 0.3) is 0 Å². The number of aryl methyl sites for hydroxylation is 1. The molecule has 2 aromatic carbocycles. The Morgan fingerprint density at radius 2 is 1.71 bits per heavy atom. The van der Waals surface area contributed by atoms with Crippen molar-refractivity contribution in [1.29, 1.82) is 0 Å². The smallest absolute Gasteiger partial charge is 0.180 e. The van der Waals surface area contributed by atoms with E-state index in [-0.39, 0.29) is 6.10 Å². The fourth-order valence-corrected chi connectivity index (χ4v) is 2.67. The molecule has 0 aliphatic heterocycles.